The summed E-state index contributed by atoms with van der Waals surface area (Å²) in [6, 6.07) is 10.8. The number of nitrogens with one attached hydrogen (secondary N) is 3. The van der Waals surface area contributed by atoms with Crippen LogP contribution >= 0.6 is 11.3 Å². The van der Waals surface area contributed by atoms with Gasteiger partial charge in [0.15, 0.2) is 0 Å². The van der Waals surface area contributed by atoms with Gasteiger partial charge >= 0.3 is 6.18 Å². The van der Waals surface area contributed by atoms with Crippen molar-refractivity contribution in [2.45, 2.75) is 95.9 Å². The number of carbonyl (C=O) groups excluding carboxylic acids is 5. The van der Waals surface area contributed by atoms with E-state index in [4.69, 9.17) is 4.98 Å². The summed E-state index contributed by atoms with van der Waals surface area (Å²) in [5.41, 5.74) is -0.436. The van der Waals surface area contributed by atoms with E-state index < -0.39 is 53.0 Å². The van der Waals surface area contributed by atoms with E-state index in [1.54, 1.807) is 44.2 Å². The van der Waals surface area contributed by atoms with Crippen molar-refractivity contribution >= 4 is 62.5 Å². The number of hydrogen-bond donors (Lipinski definition) is 4. The minimum absolute atomic E-state index is 0.0684. The number of imide groups is 2. The highest BCUT2D eigenvalue weighted by Gasteiger charge is 2.46. The maximum atomic E-state index is 13.5. The van der Waals surface area contributed by atoms with Crippen LogP contribution in [0.25, 0.3) is 10.2 Å². The van der Waals surface area contributed by atoms with Crippen LogP contribution in [0.2, 0.25) is 0 Å². The number of amides is 5. The van der Waals surface area contributed by atoms with Gasteiger partial charge in [-0.25, -0.2) is 9.97 Å². The smallest absolute Gasteiger partial charge is 0.386 e. The minimum Gasteiger partial charge on any atom is -0.386 e. The molecule has 1 unspecified atom stereocenters. The first-order chi connectivity index (χ1) is 29.4. The van der Waals surface area contributed by atoms with Crippen LogP contribution in [0.4, 0.5) is 24.5 Å². The lowest BCUT2D eigenvalue weighted by molar-refractivity contribution is -0.141. The van der Waals surface area contributed by atoms with E-state index in [0.717, 1.165) is 84.9 Å². The largest absolute Gasteiger partial charge is 0.433 e. The zero-order valence-electron chi connectivity index (χ0n) is 34.8. The van der Waals surface area contributed by atoms with E-state index in [2.05, 4.69) is 32.8 Å². The number of aromatic nitrogens is 2. The molecule has 17 heteroatoms. The molecule has 8 rings (SSSR count). The molecule has 0 bridgehead atoms. The second-order valence-corrected chi connectivity index (χ2v) is 18.8. The van der Waals surface area contributed by atoms with E-state index in [1.165, 1.54) is 17.4 Å². The van der Waals surface area contributed by atoms with E-state index in [9.17, 15) is 42.3 Å². The number of pyridine rings is 1. The van der Waals surface area contributed by atoms with Crippen LogP contribution in [-0.4, -0.2) is 86.6 Å². The van der Waals surface area contributed by atoms with Crippen LogP contribution in [0.5, 0.6) is 0 Å². The zero-order chi connectivity index (χ0) is 44.1. The number of likely N-dealkylation sites (tertiary alicyclic amines) is 1. The summed E-state index contributed by atoms with van der Waals surface area (Å²) in [5.74, 6) is -1.23. The Hall–Kier alpha value is -5.26. The molecule has 2 aromatic heterocycles. The van der Waals surface area contributed by atoms with Gasteiger partial charge in [-0.3, -0.25) is 34.2 Å². The molecular weight excluding hydrogens is 824 g/mol. The number of fused-ring (bicyclic) bond motifs is 2. The molecule has 0 radical (unpaired) electrons. The molecule has 1 aliphatic carbocycles. The molecule has 2 atom stereocenters. The van der Waals surface area contributed by atoms with E-state index >= 15 is 0 Å². The first-order valence-corrected chi connectivity index (χ1v) is 22.1. The van der Waals surface area contributed by atoms with Crippen molar-refractivity contribution in [2.24, 2.45) is 17.8 Å². The molecule has 4 aromatic rings. The average Bonchev–Trinajstić information content (AvgIpc) is 3.77. The summed E-state index contributed by atoms with van der Waals surface area (Å²) in [6.07, 6.45) is 1.74. The standard InChI is InChI=1S/C45H50F3N7O6S/c1-24(22-49-30-7-4-6-28-38(30)43(60)55(42(28)59)34-14-15-37(56)53-40(34)58)26-16-18-54(19-17-26)23-25-10-12-27(13-11-25)41-52-33-20-29(44(2,3)61)32(21-35(33)62-41)51-39(57)31-8-5-9-36(50-31)45(46,47)48/h4-9,20-21,24-27,34,49,61H,10-19,22-23H2,1-3H3,(H,51,57)(H,53,56,58)/t24-,25?,27?,34?/m0/s1. The topological polar surface area (TPSA) is 174 Å². The summed E-state index contributed by atoms with van der Waals surface area (Å²) in [6.45, 7) is 9.05. The van der Waals surface area contributed by atoms with Gasteiger partial charge in [0.1, 0.15) is 17.4 Å². The number of benzene rings is 2. The van der Waals surface area contributed by atoms with E-state index in [-0.39, 0.29) is 41.3 Å². The quantitative estimate of drug-likeness (QED) is 0.112. The fourth-order valence-corrected chi connectivity index (χ4v) is 10.6. The number of hydrogen-bond acceptors (Lipinski definition) is 11. The Balaban J connectivity index is 0.824. The van der Waals surface area contributed by atoms with Gasteiger partial charge in [-0.2, -0.15) is 13.2 Å². The first-order valence-electron chi connectivity index (χ1n) is 21.3. The number of rotatable bonds is 11. The summed E-state index contributed by atoms with van der Waals surface area (Å²) >= 11 is 1.54. The number of nitrogens with zero attached hydrogens (tertiary/aromatic N) is 4. The first kappa shape index (κ1) is 43.4. The number of halogens is 3. The second-order valence-electron chi connectivity index (χ2n) is 17.7. The molecule has 4 N–H and O–H groups in total. The van der Waals surface area contributed by atoms with Gasteiger partial charge < -0.3 is 20.6 Å². The fraction of sp³-hybridized carbons (Fsp3) is 0.489. The Morgan fingerprint density at radius 3 is 2.35 bits per heavy atom. The van der Waals surface area contributed by atoms with Gasteiger partial charge in [0.25, 0.3) is 17.7 Å². The molecule has 4 aliphatic rings. The third-order valence-electron chi connectivity index (χ3n) is 13.0. The minimum atomic E-state index is -4.70. The number of piperidine rings is 2. The van der Waals surface area contributed by atoms with Gasteiger partial charge in [-0.15, -0.1) is 11.3 Å². The number of anilines is 2. The summed E-state index contributed by atoms with van der Waals surface area (Å²) in [5, 5.41) is 20.4. The monoisotopic (exact) mass is 873 g/mol. The van der Waals surface area contributed by atoms with Crippen molar-refractivity contribution < 1.29 is 42.3 Å². The Morgan fingerprint density at radius 2 is 1.66 bits per heavy atom. The van der Waals surface area contributed by atoms with Crippen LogP contribution in [0, 0.1) is 17.8 Å². The number of carbonyl (C=O) groups is 5. The normalized spacial score (nSPS) is 22.2. The van der Waals surface area contributed by atoms with E-state index in [1.807, 2.05) is 0 Å². The van der Waals surface area contributed by atoms with Crippen molar-refractivity contribution in [3.63, 3.8) is 0 Å². The van der Waals surface area contributed by atoms with Crippen LogP contribution in [0.15, 0.2) is 48.5 Å². The van der Waals surface area contributed by atoms with Gasteiger partial charge in [0.2, 0.25) is 11.8 Å². The SMILES string of the molecule is C[C@@H](CNc1cccc2c1C(=O)N(C1CCC(=O)NC1=O)C2=O)C1CCN(CC2CCC(c3nc4cc(C(C)(C)O)c(NC(=O)c5cccc(C(F)(F)F)n5)cc4s3)CC2)CC1. The molecule has 2 aromatic carbocycles. The Bertz CT molecular complexity index is 2420. The fourth-order valence-electron chi connectivity index (χ4n) is 9.44. The van der Waals surface area contributed by atoms with E-state index in [0.29, 0.717) is 41.1 Å². The lowest BCUT2D eigenvalue weighted by Crippen LogP contribution is -2.54. The zero-order valence-corrected chi connectivity index (χ0v) is 35.6. The third-order valence-corrected chi connectivity index (χ3v) is 14.1. The van der Waals surface area contributed by atoms with Crippen LogP contribution < -0.4 is 16.0 Å². The average molecular weight is 874 g/mol. The molecule has 62 heavy (non-hydrogen) atoms. The van der Waals surface area contributed by atoms with Crippen molar-refractivity contribution in [1.29, 1.82) is 0 Å². The van der Waals surface area contributed by atoms with Gasteiger partial charge in [0, 0.05) is 42.4 Å². The summed E-state index contributed by atoms with van der Waals surface area (Å²) in [7, 11) is 0. The van der Waals surface area contributed by atoms with Crippen LogP contribution in [-0.2, 0) is 21.4 Å². The summed E-state index contributed by atoms with van der Waals surface area (Å²) < 4.78 is 40.6. The number of alkyl halides is 3. The highest BCUT2D eigenvalue weighted by Crippen LogP contribution is 2.42. The van der Waals surface area contributed by atoms with Gasteiger partial charge in [-0.1, -0.05) is 19.1 Å². The summed E-state index contributed by atoms with van der Waals surface area (Å²) in [4.78, 5) is 76.1. The Morgan fingerprint density at radius 1 is 0.935 bits per heavy atom. The lowest BCUT2D eigenvalue weighted by atomic mass is 9.81. The van der Waals surface area contributed by atoms with Crippen molar-refractivity contribution in [3.8, 4) is 0 Å². The Labute approximate surface area is 360 Å². The van der Waals surface area contributed by atoms with Crippen LogP contribution in [0.3, 0.4) is 0 Å². The third kappa shape index (κ3) is 8.97. The van der Waals surface area contributed by atoms with Gasteiger partial charge in [0.05, 0.1) is 32.0 Å². The predicted molar refractivity (Wildman–Crippen MR) is 227 cm³/mol. The molecule has 0 spiro atoms. The molecule has 13 nitrogen and oxygen atoms in total. The highest BCUT2D eigenvalue weighted by atomic mass is 32.1. The number of aliphatic hydroxyl groups is 1. The molecule has 3 fully saturated rings. The molecule has 2 saturated heterocycles. The molecule has 5 amide bonds. The maximum absolute atomic E-state index is 13.5. The van der Waals surface area contributed by atoms with Crippen molar-refractivity contribution in [2.75, 3.05) is 36.8 Å². The molecule has 3 aliphatic heterocycles. The number of thiazole rings is 1. The second kappa shape index (κ2) is 17.1. The lowest BCUT2D eigenvalue weighted by Gasteiger charge is -2.38. The van der Waals surface area contributed by atoms with Crippen LogP contribution in [0.1, 0.15) is 126 Å². The molecular formula is C45H50F3N7O6S. The molecule has 5 heterocycles. The molecule has 328 valence electrons. The molecule has 1 saturated carbocycles. The van der Waals surface area contributed by atoms with Crippen molar-refractivity contribution in [1.82, 2.24) is 25.1 Å². The highest BCUT2D eigenvalue weighted by molar-refractivity contribution is 7.18. The predicted octanol–water partition coefficient (Wildman–Crippen LogP) is 7.33. The maximum Gasteiger partial charge on any atom is 0.433 e. The van der Waals surface area contributed by atoms with Crippen molar-refractivity contribution in [3.05, 3.63) is 81.6 Å². The Kier molecular flexibility index (Phi) is 12.0. The van der Waals surface area contributed by atoms with Gasteiger partial charge in [-0.05, 0) is 126 Å².